The molecule has 0 aliphatic heterocycles. The highest BCUT2D eigenvalue weighted by Crippen LogP contribution is 2.03. The first kappa shape index (κ1) is 10.5. The van der Waals surface area contributed by atoms with E-state index in [0.29, 0.717) is 12.2 Å². The molecule has 0 radical (unpaired) electrons. The van der Waals surface area contributed by atoms with Gasteiger partial charge in [0.1, 0.15) is 0 Å². The van der Waals surface area contributed by atoms with Gasteiger partial charge in [0, 0.05) is 6.08 Å². The van der Waals surface area contributed by atoms with E-state index in [4.69, 9.17) is 16.7 Å². The maximum absolute atomic E-state index is 10.5. The van der Waals surface area contributed by atoms with E-state index in [1.54, 1.807) is 0 Å². The summed E-state index contributed by atoms with van der Waals surface area (Å²) < 4.78 is 0. The number of halogens is 1. The van der Waals surface area contributed by atoms with E-state index in [1.807, 2.05) is 0 Å². The lowest BCUT2D eigenvalue weighted by Crippen LogP contribution is -2.25. The van der Waals surface area contributed by atoms with Crippen molar-refractivity contribution < 1.29 is 24.9 Å². The van der Waals surface area contributed by atoms with Crippen LogP contribution in [0.25, 0.3) is 0 Å². The fourth-order valence-corrected chi connectivity index (χ4v) is 0.384. The van der Waals surface area contributed by atoms with E-state index in [9.17, 15) is 19.8 Å². The third-order valence-corrected chi connectivity index (χ3v) is 1.11. The summed E-state index contributed by atoms with van der Waals surface area (Å²) in [5.41, 5.74) is 0. The molecule has 0 aromatic rings. The van der Waals surface area contributed by atoms with Crippen molar-refractivity contribution >= 4 is 23.5 Å². The van der Waals surface area contributed by atoms with Crippen molar-refractivity contribution in [1.29, 1.82) is 0 Å². The first-order valence-corrected chi connectivity index (χ1v) is 3.02. The number of hydrogen-bond acceptors (Lipinski definition) is 4. The molecule has 0 unspecified atom stereocenters. The Morgan fingerprint density at radius 2 is 1.75 bits per heavy atom. The van der Waals surface area contributed by atoms with Crippen LogP contribution >= 0.6 is 11.6 Å². The molecule has 0 atom stereocenters. The Morgan fingerprint density at radius 3 is 2.08 bits per heavy atom. The van der Waals surface area contributed by atoms with Gasteiger partial charge in [0.05, 0.1) is 11.0 Å². The lowest BCUT2D eigenvalue weighted by atomic mass is 10.4. The van der Waals surface area contributed by atoms with Crippen molar-refractivity contribution in [3.63, 3.8) is 0 Å². The number of carbonyl (C=O) groups is 2. The van der Waals surface area contributed by atoms with Gasteiger partial charge < -0.3 is 20.1 Å². The second-order valence-electron chi connectivity index (χ2n) is 1.64. The largest absolute Gasteiger partial charge is 0.871 e. The van der Waals surface area contributed by atoms with Gasteiger partial charge in [-0.3, -0.25) is 0 Å². The van der Waals surface area contributed by atoms with Crippen molar-refractivity contribution in [2.24, 2.45) is 0 Å². The van der Waals surface area contributed by atoms with E-state index in [0.717, 1.165) is 0 Å². The molecule has 0 aliphatic rings. The van der Waals surface area contributed by atoms with Crippen LogP contribution in [0, 0.1) is 0 Å². The van der Waals surface area contributed by atoms with E-state index in [2.05, 4.69) is 0 Å². The number of aliphatic carboxylic acids is 2. The summed E-state index contributed by atoms with van der Waals surface area (Å²) in [6.45, 7) is 0. The van der Waals surface area contributed by atoms with E-state index in [-0.39, 0.29) is 0 Å². The SMILES string of the molecule is O=C(O)/C=C\C([O-])=C(\Cl)C(=O)[O-]. The molecule has 0 aromatic heterocycles. The summed E-state index contributed by atoms with van der Waals surface area (Å²) in [4.78, 5) is 19.7. The molecule has 0 heterocycles. The van der Waals surface area contributed by atoms with Gasteiger partial charge in [-0.1, -0.05) is 23.4 Å². The highest BCUT2D eigenvalue weighted by Gasteiger charge is 1.92. The Balaban J connectivity index is 4.58. The van der Waals surface area contributed by atoms with Crippen LogP contribution in [-0.2, 0) is 9.59 Å². The van der Waals surface area contributed by atoms with Crippen LogP contribution in [0.2, 0.25) is 0 Å². The van der Waals surface area contributed by atoms with E-state index >= 15 is 0 Å². The predicted octanol–water partition coefficient (Wildman–Crippen LogP) is -1.81. The zero-order chi connectivity index (χ0) is 9.72. The Labute approximate surface area is 72.2 Å². The summed E-state index contributed by atoms with van der Waals surface area (Å²) >= 11 is 4.91. The molecule has 66 valence electrons. The molecular weight excluding hydrogens is 188 g/mol. The highest BCUT2D eigenvalue weighted by atomic mass is 35.5. The van der Waals surface area contributed by atoms with E-state index < -0.39 is 22.7 Å². The molecule has 0 saturated carbocycles. The first-order valence-electron chi connectivity index (χ1n) is 2.64. The highest BCUT2D eigenvalue weighted by molar-refractivity contribution is 6.40. The number of allylic oxidation sites excluding steroid dienone is 1. The number of carboxylic acid groups (broad SMARTS) is 2. The third kappa shape index (κ3) is 3.62. The molecule has 5 nitrogen and oxygen atoms in total. The molecule has 6 heteroatoms. The fraction of sp³-hybridized carbons (Fsp3) is 0. The molecule has 0 amide bonds. The molecule has 0 saturated heterocycles. The Hall–Kier alpha value is -1.49. The Kier molecular flexibility index (Phi) is 3.85. The topological polar surface area (TPSA) is 100 Å². The molecule has 0 bridgehead atoms. The van der Waals surface area contributed by atoms with Crippen LogP contribution in [0.4, 0.5) is 0 Å². The molecular formula is C6H3ClO5-2. The number of carbonyl (C=O) groups excluding carboxylic acids is 1. The molecule has 0 rings (SSSR count). The minimum atomic E-state index is -1.84. The normalized spacial score (nSPS) is 12.8. The second-order valence-corrected chi connectivity index (χ2v) is 2.02. The fourth-order valence-electron chi connectivity index (χ4n) is 0.321. The Morgan fingerprint density at radius 1 is 1.25 bits per heavy atom. The van der Waals surface area contributed by atoms with Gasteiger partial charge in [-0.25, -0.2) is 4.79 Å². The average molecular weight is 191 g/mol. The van der Waals surface area contributed by atoms with Gasteiger partial charge >= 0.3 is 5.97 Å². The summed E-state index contributed by atoms with van der Waals surface area (Å²) in [5, 5.41) is 27.4. The molecule has 12 heavy (non-hydrogen) atoms. The molecule has 0 fully saturated rings. The number of hydrogen-bond donors (Lipinski definition) is 1. The summed E-state index contributed by atoms with van der Waals surface area (Å²) in [6, 6.07) is 0. The van der Waals surface area contributed by atoms with Crippen molar-refractivity contribution in [2.45, 2.75) is 0 Å². The maximum Gasteiger partial charge on any atom is 0.328 e. The van der Waals surface area contributed by atoms with Gasteiger partial charge in [0.25, 0.3) is 0 Å². The number of rotatable bonds is 3. The minimum Gasteiger partial charge on any atom is -0.871 e. The quantitative estimate of drug-likeness (QED) is 0.321. The number of carboxylic acids is 2. The molecule has 0 aliphatic carbocycles. The van der Waals surface area contributed by atoms with Crippen molar-refractivity contribution in [2.75, 3.05) is 0 Å². The van der Waals surface area contributed by atoms with Crippen LogP contribution in [0.3, 0.4) is 0 Å². The van der Waals surface area contributed by atoms with Crippen LogP contribution in [0.1, 0.15) is 0 Å². The van der Waals surface area contributed by atoms with Crippen molar-refractivity contribution in [3.8, 4) is 0 Å². The van der Waals surface area contributed by atoms with Crippen LogP contribution in [-0.4, -0.2) is 17.0 Å². The predicted molar refractivity (Wildman–Crippen MR) is 34.7 cm³/mol. The summed E-state index contributed by atoms with van der Waals surface area (Å²) in [6.07, 6.45) is 1.01. The van der Waals surface area contributed by atoms with Crippen LogP contribution in [0.5, 0.6) is 0 Å². The standard InChI is InChI=1S/C6H5ClO5/c7-5(6(11)12)3(8)1-2-4(9)10/h1-2,8H,(H,9,10)(H,11,12)/p-2/b2-1-,5-3-. The van der Waals surface area contributed by atoms with Gasteiger partial charge in [-0.15, -0.1) is 0 Å². The third-order valence-electron chi connectivity index (χ3n) is 0.773. The van der Waals surface area contributed by atoms with Crippen LogP contribution < -0.4 is 10.2 Å². The van der Waals surface area contributed by atoms with Crippen molar-refractivity contribution in [1.82, 2.24) is 0 Å². The molecule has 0 aromatic carbocycles. The van der Waals surface area contributed by atoms with Gasteiger partial charge in [0.15, 0.2) is 0 Å². The van der Waals surface area contributed by atoms with E-state index in [1.165, 1.54) is 0 Å². The van der Waals surface area contributed by atoms with Gasteiger partial charge in [-0.05, 0) is 0 Å². The monoisotopic (exact) mass is 190 g/mol. The smallest absolute Gasteiger partial charge is 0.328 e. The zero-order valence-corrected chi connectivity index (χ0v) is 6.37. The lowest BCUT2D eigenvalue weighted by Gasteiger charge is -2.10. The second kappa shape index (κ2) is 4.40. The maximum atomic E-state index is 10.5. The van der Waals surface area contributed by atoms with Gasteiger partial charge in [-0.2, -0.15) is 0 Å². The average Bonchev–Trinajstić information content (AvgIpc) is 1.98. The van der Waals surface area contributed by atoms with Gasteiger partial charge in [0.2, 0.25) is 0 Å². The lowest BCUT2D eigenvalue weighted by molar-refractivity contribution is -0.308. The summed E-state index contributed by atoms with van der Waals surface area (Å²) in [7, 11) is 0. The van der Waals surface area contributed by atoms with Crippen molar-refractivity contribution in [3.05, 3.63) is 22.9 Å². The first-order chi connectivity index (χ1) is 5.45. The van der Waals surface area contributed by atoms with Crippen LogP contribution in [0.15, 0.2) is 22.9 Å². The zero-order valence-electron chi connectivity index (χ0n) is 5.61. The summed E-state index contributed by atoms with van der Waals surface area (Å²) in [5.74, 6) is -4.32. The minimum absolute atomic E-state index is 0.480. The molecule has 0 spiro atoms. The molecule has 1 N–H and O–H groups in total. The Bertz CT molecular complexity index is 265.